The molecule has 0 bridgehead atoms. The van der Waals surface area contributed by atoms with Crippen LogP contribution in [0.5, 0.6) is 0 Å². The van der Waals surface area contributed by atoms with Gasteiger partial charge in [-0.15, -0.1) is 0 Å². The van der Waals surface area contributed by atoms with Gasteiger partial charge < -0.3 is 23.9 Å². The van der Waals surface area contributed by atoms with Crippen LogP contribution in [0, 0.1) is 6.92 Å². The molecule has 1 fully saturated rings. The monoisotopic (exact) mass is 601 g/mol. The minimum absolute atomic E-state index is 0.100. The highest BCUT2D eigenvalue weighted by Crippen LogP contribution is 2.78. The molecule has 2 heterocycles. The minimum Gasteiger partial charge on any atom is -0.352 e. The fourth-order valence-corrected chi connectivity index (χ4v) is 8.10. The van der Waals surface area contributed by atoms with E-state index in [1.54, 1.807) is 0 Å². The molecule has 1 aliphatic rings. The second-order valence-corrected chi connectivity index (χ2v) is 13.9. The van der Waals surface area contributed by atoms with E-state index in [2.05, 4.69) is 18.9 Å². The summed E-state index contributed by atoms with van der Waals surface area (Å²) in [5.74, 6) is 0. The average Bonchev–Trinajstić information content (AvgIpc) is 3.22. The zero-order valence-corrected chi connectivity index (χ0v) is 21.8. The summed E-state index contributed by atoms with van der Waals surface area (Å²) in [6.45, 7) is 0.160. The van der Waals surface area contributed by atoms with Crippen LogP contribution in [0.3, 0.4) is 0 Å². The first kappa shape index (κ1) is 30.1. The van der Waals surface area contributed by atoms with Crippen LogP contribution in [0.2, 0.25) is 0 Å². The molecule has 0 radical (unpaired) electrons. The quantitative estimate of drug-likeness (QED) is 0.133. The summed E-state index contributed by atoms with van der Waals surface area (Å²) in [4.78, 5) is 57.7. The van der Waals surface area contributed by atoms with Crippen molar-refractivity contribution in [3.05, 3.63) is 73.4 Å². The number of nitrogens with one attached hydrogen (secondary N) is 1. The Morgan fingerprint density at radius 1 is 1.21 bits per heavy atom. The molecule has 1 aromatic heterocycles. The first-order valence-electron chi connectivity index (χ1n) is 10.3. The summed E-state index contributed by atoms with van der Waals surface area (Å²) in [5, 5.41) is -2.86. The van der Waals surface area contributed by atoms with E-state index in [1.807, 2.05) is 4.98 Å². The van der Waals surface area contributed by atoms with Crippen molar-refractivity contribution in [2.45, 2.75) is 37.1 Å². The van der Waals surface area contributed by atoms with E-state index in [4.69, 9.17) is 10.3 Å². The zero-order valence-electron chi connectivity index (χ0n) is 19.1. The highest BCUT2D eigenvalue weighted by molar-refractivity contribution is 7.78. The van der Waals surface area contributed by atoms with Gasteiger partial charge in [0, 0.05) is 23.1 Å². The lowest BCUT2D eigenvalue weighted by molar-refractivity contribution is -0.0276. The largest absolute Gasteiger partial charge is 0.444 e. The summed E-state index contributed by atoms with van der Waals surface area (Å²) in [6.07, 6.45) is -1.87. The topological polar surface area (TPSA) is 243 Å². The van der Waals surface area contributed by atoms with Crippen molar-refractivity contribution < 1.29 is 50.7 Å². The molecule has 208 valence electrons. The summed E-state index contributed by atoms with van der Waals surface area (Å²) in [6, 6.07) is 4.45. The van der Waals surface area contributed by atoms with Crippen LogP contribution >= 0.6 is 22.8 Å². The number of alkyl halides is 2. The van der Waals surface area contributed by atoms with Gasteiger partial charge in [0.1, 0.15) is 6.23 Å². The Bertz CT molecular complexity index is 1510. The van der Waals surface area contributed by atoms with Gasteiger partial charge in [-0.3, -0.25) is 28.0 Å². The van der Waals surface area contributed by atoms with Crippen molar-refractivity contribution in [2.24, 2.45) is 5.11 Å². The van der Waals surface area contributed by atoms with E-state index in [0.717, 1.165) is 22.9 Å². The van der Waals surface area contributed by atoms with Gasteiger partial charge in [0.15, 0.2) is 0 Å². The first-order valence-corrected chi connectivity index (χ1v) is 15.1. The van der Waals surface area contributed by atoms with Gasteiger partial charge >= 0.3 is 33.9 Å². The zero-order chi connectivity index (χ0) is 28.5. The van der Waals surface area contributed by atoms with Crippen molar-refractivity contribution in [2.75, 3.05) is 6.61 Å². The molecule has 0 spiro atoms. The van der Waals surface area contributed by atoms with Gasteiger partial charge in [0.2, 0.25) is 0 Å². The first-order chi connectivity index (χ1) is 17.5. The molecule has 0 amide bonds. The lowest BCUT2D eigenvalue weighted by Gasteiger charge is -2.27. The maximum atomic E-state index is 14.7. The van der Waals surface area contributed by atoms with E-state index in [0.29, 0.717) is 0 Å². The van der Waals surface area contributed by atoms with Crippen molar-refractivity contribution in [1.29, 1.82) is 0 Å². The minimum atomic E-state index is -6.66. The fraction of sp³-hybridized carbons (Fsp3) is 0.412. The number of H-pyrrole nitrogens is 1. The van der Waals surface area contributed by atoms with Gasteiger partial charge in [0.05, 0.1) is 24.1 Å². The fourth-order valence-electron chi connectivity index (χ4n) is 3.30. The second kappa shape index (κ2) is 10.9. The number of aryl methyl sites for hydroxylation is 1. The number of nitrogens with zero attached hydrogens (tertiary/aromatic N) is 4. The number of halogens is 2. The van der Waals surface area contributed by atoms with Crippen molar-refractivity contribution in [3.8, 4) is 0 Å². The predicted molar refractivity (Wildman–Crippen MR) is 125 cm³/mol. The summed E-state index contributed by atoms with van der Waals surface area (Å²) < 4.78 is 80.9. The summed E-state index contributed by atoms with van der Waals surface area (Å²) >= 11 is 0. The Balaban J connectivity index is 1.80. The number of hydrogen-bond donors (Lipinski definition) is 4. The molecule has 6 atom stereocenters. The second-order valence-electron chi connectivity index (χ2n) is 7.90. The third-order valence-electron chi connectivity index (χ3n) is 5.26. The average molecular weight is 601 g/mol. The molecule has 21 heteroatoms. The Morgan fingerprint density at radius 2 is 1.84 bits per heavy atom. The molecule has 1 aromatic carbocycles. The SMILES string of the molecule is Cc1cn([C@H]2C[C@H](N=[N+]=[N-])[C@@H](COP(=O)(O)C(F)(F)P(=O)(O)OP(=O)(O)c3ccccc3)O2)c(=O)[nH]c1=O. The van der Waals surface area contributed by atoms with Crippen LogP contribution in [0.25, 0.3) is 10.4 Å². The molecule has 0 aliphatic carbocycles. The van der Waals surface area contributed by atoms with Gasteiger partial charge in [0.25, 0.3) is 5.56 Å². The van der Waals surface area contributed by atoms with E-state index in [-0.39, 0.29) is 12.0 Å². The highest BCUT2D eigenvalue weighted by atomic mass is 31.3. The number of azide groups is 1. The third kappa shape index (κ3) is 6.05. The molecule has 3 rings (SSSR count). The third-order valence-corrected chi connectivity index (χ3v) is 11.4. The number of ether oxygens (including phenoxy) is 1. The Morgan fingerprint density at radius 3 is 2.45 bits per heavy atom. The standard InChI is InChI=1S/C17H20F2N5O11P3/c1-10-8-24(16(26)21-15(10)25)14-7-12(22-23-20)13(34-14)9-33-37(29,30)17(18,19)38(31,32)35-36(27,28)11-5-3-2-4-6-11/h2-6,8,12-14H,7,9H2,1H3,(H,27,28)(H,29,30)(H,31,32)(H,21,25,26)/t12-,13+,14+/m0/s1. The lowest BCUT2D eigenvalue weighted by Crippen LogP contribution is -2.33. The van der Waals surface area contributed by atoms with Crippen molar-refractivity contribution in [1.82, 2.24) is 9.55 Å². The Kier molecular flexibility index (Phi) is 8.66. The smallest absolute Gasteiger partial charge is 0.352 e. The maximum Gasteiger partial charge on any atom is 0.444 e. The number of aromatic nitrogens is 2. The van der Waals surface area contributed by atoms with Crippen LogP contribution in [-0.2, 0) is 27.3 Å². The van der Waals surface area contributed by atoms with Crippen LogP contribution in [0.15, 0.2) is 51.2 Å². The Labute approximate surface area is 211 Å². The molecule has 1 saturated heterocycles. The van der Waals surface area contributed by atoms with E-state index < -0.39 is 69.7 Å². The number of hydrogen-bond acceptors (Lipinski definition) is 9. The summed E-state index contributed by atoms with van der Waals surface area (Å²) in [7, 11) is -18.5. The van der Waals surface area contributed by atoms with Crippen LogP contribution in [0.1, 0.15) is 18.2 Å². The number of rotatable bonds is 10. The van der Waals surface area contributed by atoms with Crippen LogP contribution < -0.4 is 16.6 Å². The number of benzene rings is 1. The molecule has 2 aromatic rings. The van der Waals surface area contributed by atoms with Gasteiger partial charge in [-0.05, 0) is 24.6 Å². The molecular weight excluding hydrogens is 581 g/mol. The van der Waals surface area contributed by atoms with Gasteiger partial charge in [-0.25, -0.2) is 9.11 Å². The molecule has 0 saturated carbocycles. The molecule has 1 aliphatic heterocycles. The van der Waals surface area contributed by atoms with Crippen molar-refractivity contribution in [3.63, 3.8) is 0 Å². The molecule has 38 heavy (non-hydrogen) atoms. The van der Waals surface area contributed by atoms with E-state index in [9.17, 15) is 46.7 Å². The lowest BCUT2D eigenvalue weighted by atomic mass is 10.1. The highest BCUT2D eigenvalue weighted by Gasteiger charge is 2.68. The van der Waals surface area contributed by atoms with Crippen LogP contribution in [0.4, 0.5) is 8.78 Å². The van der Waals surface area contributed by atoms with E-state index in [1.165, 1.54) is 25.1 Å². The number of aromatic amines is 1. The molecule has 16 nitrogen and oxygen atoms in total. The Hall–Kier alpha value is -2.48. The summed E-state index contributed by atoms with van der Waals surface area (Å²) in [5.41, 5.74) is 7.28. The molecular formula is C17H20F2N5O11P3. The molecule has 3 unspecified atom stereocenters. The van der Waals surface area contributed by atoms with Crippen molar-refractivity contribution >= 4 is 28.1 Å². The van der Waals surface area contributed by atoms with E-state index >= 15 is 0 Å². The normalized spacial score (nSPS) is 24.5. The van der Waals surface area contributed by atoms with Gasteiger partial charge in [-0.2, -0.15) is 8.78 Å². The van der Waals surface area contributed by atoms with Crippen LogP contribution in [-0.4, -0.2) is 48.4 Å². The maximum absolute atomic E-state index is 14.7. The molecule has 4 N–H and O–H groups in total. The predicted octanol–water partition coefficient (Wildman–Crippen LogP) is 2.28. The van der Waals surface area contributed by atoms with Gasteiger partial charge in [-0.1, -0.05) is 23.3 Å².